The lowest BCUT2D eigenvalue weighted by Crippen LogP contribution is -2.28. The average Bonchev–Trinajstić information content (AvgIpc) is 1.56. The second kappa shape index (κ2) is 3.86. The van der Waals surface area contributed by atoms with Gasteiger partial charge in [0.05, 0.1) is 0 Å². The van der Waals surface area contributed by atoms with Crippen molar-refractivity contribution in [2.75, 3.05) is 0 Å². The lowest BCUT2D eigenvalue weighted by Gasteiger charge is -2.27. The third-order valence-electron chi connectivity index (χ3n) is 2.02. The highest BCUT2D eigenvalue weighted by atomic mass is 35.6. The van der Waals surface area contributed by atoms with Gasteiger partial charge in [0.2, 0.25) is 0 Å². The smallest absolute Gasteiger partial charge is 0.0837 e. The molecule has 0 aliphatic heterocycles. The molecule has 0 N–H and O–H groups in total. The monoisotopic (exact) mass is 232 g/mol. The zero-order valence-corrected chi connectivity index (χ0v) is 10.7. The number of alkyl halides is 3. The fraction of sp³-hybridized carbons (Fsp3) is 1.00. The van der Waals surface area contributed by atoms with Crippen molar-refractivity contribution in [3.63, 3.8) is 0 Å². The van der Waals surface area contributed by atoms with Crippen LogP contribution in [0.1, 0.15) is 13.3 Å². The molecule has 0 bridgehead atoms. The predicted molar refractivity (Wildman–Crippen MR) is 57.7 cm³/mol. The van der Waals surface area contributed by atoms with Gasteiger partial charge in [-0.3, -0.25) is 0 Å². The molecule has 0 aliphatic carbocycles. The van der Waals surface area contributed by atoms with Crippen LogP contribution >= 0.6 is 34.8 Å². The summed E-state index contributed by atoms with van der Waals surface area (Å²) >= 11 is 17.1. The summed E-state index contributed by atoms with van der Waals surface area (Å²) in [7, 11) is -1.12. The first-order valence-corrected chi connectivity index (χ1v) is 8.41. The lowest BCUT2D eigenvalue weighted by molar-refractivity contribution is 0.789. The van der Waals surface area contributed by atoms with Gasteiger partial charge >= 0.3 is 0 Å². The molecule has 0 rings (SSSR count). The lowest BCUT2D eigenvalue weighted by atomic mass is 10.4. The SMILES string of the molecule is CC(CC(Cl)(Cl)Cl)[Si](C)(C)C. The molecule has 0 amide bonds. The van der Waals surface area contributed by atoms with E-state index in [2.05, 4.69) is 26.6 Å². The summed E-state index contributed by atoms with van der Waals surface area (Å²) < 4.78 is -1.07. The summed E-state index contributed by atoms with van der Waals surface area (Å²) in [6.45, 7) is 9.02. The molecule has 0 radical (unpaired) electrons. The van der Waals surface area contributed by atoms with Crippen LogP contribution in [0.25, 0.3) is 0 Å². The Hall–Kier alpha value is 1.09. The van der Waals surface area contributed by atoms with Crippen LogP contribution in [0, 0.1) is 0 Å². The normalized spacial score (nSPS) is 16.6. The van der Waals surface area contributed by atoms with E-state index in [1.165, 1.54) is 0 Å². The summed E-state index contributed by atoms with van der Waals surface area (Å²) in [5.41, 5.74) is 0.551. The Morgan fingerprint density at radius 1 is 1.18 bits per heavy atom. The van der Waals surface area contributed by atoms with E-state index in [9.17, 15) is 0 Å². The Bertz CT molecular complexity index is 123. The molecule has 11 heavy (non-hydrogen) atoms. The van der Waals surface area contributed by atoms with Gasteiger partial charge in [-0.05, 0) is 12.0 Å². The molecule has 0 aliphatic rings. The van der Waals surface area contributed by atoms with Crippen molar-refractivity contribution in [2.45, 2.75) is 42.3 Å². The van der Waals surface area contributed by atoms with Gasteiger partial charge in [0.1, 0.15) is 0 Å². The molecule has 1 unspecified atom stereocenters. The summed E-state index contributed by atoms with van der Waals surface area (Å²) in [5, 5.41) is 0. The predicted octanol–water partition coefficient (Wildman–Crippen LogP) is 4.48. The van der Waals surface area contributed by atoms with E-state index in [4.69, 9.17) is 34.8 Å². The van der Waals surface area contributed by atoms with Gasteiger partial charge in [0.25, 0.3) is 0 Å². The maximum Gasteiger partial charge on any atom is 0.190 e. The Morgan fingerprint density at radius 2 is 1.55 bits per heavy atom. The summed E-state index contributed by atoms with van der Waals surface area (Å²) in [5.74, 6) is 0. The zero-order chi connectivity index (χ0) is 9.28. The van der Waals surface area contributed by atoms with E-state index in [0.29, 0.717) is 12.0 Å². The minimum atomic E-state index is -1.12. The van der Waals surface area contributed by atoms with E-state index in [0.717, 1.165) is 0 Å². The number of halogens is 3. The van der Waals surface area contributed by atoms with Gasteiger partial charge in [-0.1, -0.05) is 61.4 Å². The molecule has 0 nitrogen and oxygen atoms in total. The Kier molecular flexibility index (Phi) is 4.25. The highest BCUT2D eigenvalue weighted by Gasteiger charge is 2.30. The molecule has 0 heterocycles. The molecule has 0 saturated heterocycles. The molecule has 68 valence electrons. The molecule has 0 fully saturated rings. The third-order valence-corrected chi connectivity index (χ3v) is 5.64. The van der Waals surface area contributed by atoms with Crippen molar-refractivity contribution in [2.24, 2.45) is 0 Å². The highest BCUT2D eigenvalue weighted by molar-refractivity contribution is 6.78. The maximum atomic E-state index is 5.69. The fourth-order valence-corrected chi connectivity index (χ4v) is 2.65. The van der Waals surface area contributed by atoms with Gasteiger partial charge in [-0.2, -0.15) is 0 Å². The molecule has 0 saturated carbocycles. The van der Waals surface area contributed by atoms with E-state index in [1.807, 2.05) is 0 Å². The van der Waals surface area contributed by atoms with Crippen LogP contribution in [0.5, 0.6) is 0 Å². The van der Waals surface area contributed by atoms with E-state index >= 15 is 0 Å². The van der Waals surface area contributed by atoms with Crippen molar-refractivity contribution >= 4 is 42.9 Å². The van der Waals surface area contributed by atoms with Crippen LogP contribution in [-0.2, 0) is 0 Å². The van der Waals surface area contributed by atoms with Crippen LogP contribution < -0.4 is 0 Å². The van der Waals surface area contributed by atoms with Crippen molar-refractivity contribution in [1.29, 1.82) is 0 Å². The second-order valence-corrected chi connectivity index (χ2v) is 12.3. The first-order valence-electron chi connectivity index (χ1n) is 3.69. The second-order valence-electron chi connectivity index (χ2n) is 4.09. The van der Waals surface area contributed by atoms with Gasteiger partial charge in [0.15, 0.2) is 3.79 Å². The minimum absolute atomic E-state index is 0.551. The quantitative estimate of drug-likeness (QED) is 0.487. The fourth-order valence-electron chi connectivity index (χ4n) is 0.653. The van der Waals surface area contributed by atoms with Crippen LogP contribution in [0.15, 0.2) is 0 Å². The summed E-state index contributed by atoms with van der Waals surface area (Å²) in [4.78, 5) is 0. The maximum absolute atomic E-state index is 5.69. The Labute approximate surface area is 85.2 Å². The summed E-state index contributed by atoms with van der Waals surface area (Å²) in [6, 6.07) is 0. The van der Waals surface area contributed by atoms with E-state index < -0.39 is 11.9 Å². The van der Waals surface area contributed by atoms with Gasteiger partial charge in [-0.15, -0.1) is 0 Å². The van der Waals surface area contributed by atoms with Crippen LogP contribution in [0.2, 0.25) is 25.2 Å². The molecule has 0 aromatic rings. The van der Waals surface area contributed by atoms with E-state index in [-0.39, 0.29) is 0 Å². The molecule has 1 atom stereocenters. The summed E-state index contributed by atoms with van der Waals surface area (Å²) in [6.07, 6.45) is 0.674. The Morgan fingerprint density at radius 3 is 1.64 bits per heavy atom. The van der Waals surface area contributed by atoms with Crippen molar-refractivity contribution < 1.29 is 0 Å². The van der Waals surface area contributed by atoms with Gasteiger partial charge in [-0.25, -0.2) is 0 Å². The van der Waals surface area contributed by atoms with Gasteiger partial charge < -0.3 is 0 Å². The number of rotatable bonds is 2. The standard InChI is InChI=1S/C7H15Cl3Si/c1-6(11(2,3)4)5-7(8,9)10/h6H,5H2,1-4H3. The molecule has 0 aromatic carbocycles. The van der Waals surface area contributed by atoms with E-state index in [1.54, 1.807) is 0 Å². The first kappa shape index (κ1) is 12.1. The van der Waals surface area contributed by atoms with Crippen LogP contribution in [-0.4, -0.2) is 11.9 Å². The van der Waals surface area contributed by atoms with Crippen molar-refractivity contribution in [3.05, 3.63) is 0 Å². The molecule has 0 spiro atoms. The molecular formula is C7H15Cl3Si. The van der Waals surface area contributed by atoms with Crippen LogP contribution in [0.3, 0.4) is 0 Å². The molecular weight excluding hydrogens is 219 g/mol. The van der Waals surface area contributed by atoms with Crippen molar-refractivity contribution in [1.82, 2.24) is 0 Å². The van der Waals surface area contributed by atoms with Crippen LogP contribution in [0.4, 0.5) is 0 Å². The zero-order valence-electron chi connectivity index (χ0n) is 7.42. The Balaban J connectivity index is 3.99. The topological polar surface area (TPSA) is 0 Å². The third kappa shape index (κ3) is 6.27. The molecule has 4 heteroatoms. The van der Waals surface area contributed by atoms with Crippen molar-refractivity contribution in [3.8, 4) is 0 Å². The average molecular weight is 234 g/mol. The molecule has 0 aromatic heterocycles. The number of hydrogen-bond donors (Lipinski definition) is 0. The highest BCUT2D eigenvalue weighted by Crippen LogP contribution is 2.39. The number of hydrogen-bond acceptors (Lipinski definition) is 0. The minimum Gasteiger partial charge on any atom is -0.0837 e. The first-order chi connectivity index (χ1) is 4.63. The van der Waals surface area contributed by atoms with Gasteiger partial charge in [0, 0.05) is 8.07 Å². The largest absolute Gasteiger partial charge is 0.190 e.